The van der Waals surface area contributed by atoms with Crippen molar-refractivity contribution in [3.8, 4) is 5.75 Å². The molecule has 2 heterocycles. The highest BCUT2D eigenvalue weighted by Gasteiger charge is 2.25. The number of nitrogens with two attached hydrogens (primary N) is 2. The summed E-state index contributed by atoms with van der Waals surface area (Å²) in [6, 6.07) is 0. The van der Waals surface area contributed by atoms with Crippen molar-refractivity contribution in [2.24, 2.45) is 11.5 Å². The minimum absolute atomic E-state index is 0.283. The highest BCUT2D eigenvalue weighted by Crippen LogP contribution is 2.37. The normalized spacial score (nSPS) is 14.8. The molecule has 0 bridgehead atoms. The summed E-state index contributed by atoms with van der Waals surface area (Å²) in [6.45, 7) is 4.12. The van der Waals surface area contributed by atoms with Gasteiger partial charge in [-0.25, -0.2) is 4.98 Å². The average Bonchev–Trinajstić information content (AvgIpc) is 2.70. The SMILES string of the molecule is C/C(N)=C(/C(N)=O)c1c(Br)nc2c(c1C)OCC2. The number of nitrogens with zero attached hydrogens (tertiary/aromatic N) is 1. The van der Waals surface area contributed by atoms with Crippen molar-refractivity contribution in [3.05, 3.63) is 27.1 Å². The molecule has 18 heavy (non-hydrogen) atoms. The summed E-state index contributed by atoms with van der Waals surface area (Å²) < 4.78 is 6.11. The number of aromatic nitrogens is 1. The Morgan fingerprint density at radius 2 is 2.11 bits per heavy atom. The average molecular weight is 312 g/mol. The molecule has 0 saturated heterocycles. The quantitative estimate of drug-likeness (QED) is 0.635. The predicted molar refractivity (Wildman–Crippen MR) is 71.8 cm³/mol. The summed E-state index contributed by atoms with van der Waals surface area (Å²) in [4.78, 5) is 15.9. The van der Waals surface area contributed by atoms with Crippen molar-refractivity contribution in [2.75, 3.05) is 6.61 Å². The summed E-state index contributed by atoms with van der Waals surface area (Å²) in [6.07, 6.45) is 0.770. The number of hydrogen-bond acceptors (Lipinski definition) is 4. The van der Waals surface area contributed by atoms with E-state index in [1.54, 1.807) is 6.92 Å². The Balaban J connectivity index is 2.73. The Hall–Kier alpha value is -1.56. The van der Waals surface area contributed by atoms with Gasteiger partial charge in [0.25, 0.3) is 5.91 Å². The third-order valence-electron chi connectivity index (χ3n) is 2.89. The van der Waals surface area contributed by atoms with Crippen LogP contribution in [0.15, 0.2) is 10.3 Å². The number of primary amides is 1. The third-order valence-corrected chi connectivity index (χ3v) is 3.47. The second-order valence-electron chi connectivity index (χ2n) is 4.20. The van der Waals surface area contributed by atoms with Gasteiger partial charge in [-0.15, -0.1) is 0 Å². The maximum absolute atomic E-state index is 11.5. The van der Waals surface area contributed by atoms with E-state index < -0.39 is 5.91 Å². The molecule has 0 aromatic carbocycles. The van der Waals surface area contributed by atoms with Gasteiger partial charge in [-0.1, -0.05) is 0 Å². The number of ether oxygens (including phenoxy) is 1. The van der Waals surface area contributed by atoms with Crippen molar-refractivity contribution in [1.82, 2.24) is 4.98 Å². The Morgan fingerprint density at radius 1 is 1.44 bits per heavy atom. The lowest BCUT2D eigenvalue weighted by Gasteiger charge is -2.14. The lowest BCUT2D eigenvalue weighted by atomic mass is 9.99. The fraction of sp³-hybridized carbons (Fsp3) is 0.333. The standard InChI is InChI=1S/C12H14BrN3O2/c1-5-8(9(6(2)14)12(15)17)11(13)16-7-3-4-18-10(5)7/h3-4,14H2,1-2H3,(H2,15,17)/b9-6-. The topological polar surface area (TPSA) is 91.2 Å². The van der Waals surface area contributed by atoms with Crippen molar-refractivity contribution >= 4 is 27.4 Å². The van der Waals surface area contributed by atoms with Crippen LogP contribution in [0.5, 0.6) is 5.75 Å². The van der Waals surface area contributed by atoms with Crippen LogP contribution < -0.4 is 16.2 Å². The van der Waals surface area contributed by atoms with Crippen LogP contribution in [-0.2, 0) is 11.2 Å². The largest absolute Gasteiger partial charge is 0.491 e. The summed E-state index contributed by atoms with van der Waals surface area (Å²) in [5.41, 5.74) is 14.1. The summed E-state index contributed by atoms with van der Waals surface area (Å²) >= 11 is 3.37. The molecule has 0 unspecified atom stereocenters. The first-order valence-corrected chi connectivity index (χ1v) is 6.31. The van der Waals surface area contributed by atoms with E-state index in [-0.39, 0.29) is 5.57 Å². The Bertz CT molecular complexity index is 563. The Labute approximate surface area is 113 Å². The molecule has 1 aliphatic rings. The monoisotopic (exact) mass is 311 g/mol. The van der Waals surface area contributed by atoms with Crippen LogP contribution in [0, 0.1) is 6.92 Å². The number of carbonyl (C=O) groups excluding carboxylic acids is 1. The van der Waals surface area contributed by atoms with E-state index in [1.807, 2.05) is 6.92 Å². The van der Waals surface area contributed by atoms with Gasteiger partial charge >= 0.3 is 0 Å². The maximum Gasteiger partial charge on any atom is 0.251 e. The molecule has 4 N–H and O–H groups in total. The van der Waals surface area contributed by atoms with Crippen molar-refractivity contribution in [1.29, 1.82) is 0 Å². The molecule has 0 saturated carbocycles. The third kappa shape index (κ3) is 1.96. The van der Waals surface area contributed by atoms with Gasteiger partial charge < -0.3 is 16.2 Å². The molecule has 0 radical (unpaired) electrons. The lowest BCUT2D eigenvalue weighted by molar-refractivity contribution is -0.112. The molecule has 1 aliphatic heterocycles. The van der Waals surface area contributed by atoms with E-state index in [0.717, 1.165) is 23.4 Å². The van der Waals surface area contributed by atoms with E-state index in [0.29, 0.717) is 22.5 Å². The number of allylic oxidation sites excluding steroid dienone is 1. The Kier molecular flexibility index (Phi) is 3.30. The molecule has 96 valence electrons. The van der Waals surface area contributed by atoms with Crippen molar-refractivity contribution < 1.29 is 9.53 Å². The van der Waals surface area contributed by atoms with Gasteiger partial charge in [-0.05, 0) is 29.8 Å². The lowest BCUT2D eigenvalue weighted by Crippen LogP contribution is -2.18. The maximum atomic E-state index is 11.5. The molecule has 1 aromatic heterocycles. The minimum atomic E-state index is -0.571. The first-order valence-electron chi connectivity index (χ1n) is 5.51. The fourth-order valence-corrected chi connectivity index (χ4v) is 2.84. The van der Waals surface area contributed by atoms with Gasteiger partial charge in [-0.3, -0.25) is 4.79 Å². The van der Waals surface area contributed by atoms with Crippen molar-refractivity contribution in [3.63, 3.8) is 0 Å². The first kappa shape index (κ1) is 12.9. The van der Waals surface area contributed by atoms with E-state index in [4.69, 9.17) is 16.2 Å². The van der Waals surface area contributed by atoms with Crippen LogP contribution in [0.2, 0.25) is 0 Å². The fourth-order valence-electron chi connectivity index (χ4n) is 2.13. The highest BCUT2D eigenvalue weighted by molar-refractivity contribution is 9.10. The second kappa shape index (κ2) is 4.61. The zero-order valence-electron chi connectivity index (χ0n) is 10.2. The summed E-state index contributed by atoms with van der Waals surface area (Å²) in [7, 11) is 0. The zero-order valence-corrected chi connectivity index (χ0v) is 11.8. The number of rotatable bonds is 2. The smallest absolute Gasteiger partial charge is 0.251 e. The molecule has 0 fully saturated rings. The van der Waals surface area contributed by atoms with E-state index in [9.17, 15) is 4.79 Å². The van der Waals surface area contributed by atoms with Crippen LogP contribution in [0.3, 0.4) is 0 Å². The molecular formula is C12H14BrN3O2. The van der Waals surface area contributed by atoms with E-state index in [2.05, 4.69) is 20.9 Å². The van der Waals surface area contributed by atoms with E-state index in [1.165, 1.54) is 0 Å². The van der Waals surface area contributed by atoms with Crippen molar-refractivity contribution in [2.45, 2.75) is 20.3 Å². The summed E-state index contributed by atoms with van der Waals surface area (Å²) in [5, 5.41) is 0. The van der Waals surface area contributed by atoms with Gasteiger partial charge in [0, 0.05) is 23.2 Å². The Morgan fingerprint density at radius 3 is 2.67 bits per heavy atom. The molecule has 0 atom stereocenters. The molecule has 2 rings (SSSR count). The summed E-state index contributed by atoms with van der Waals surface area (Å²) in [5.74, 6) is 0.159. The number of pyridine rings is 1. The first-order chi connectivity index (χ1) is 8.43. The number of amides is 1. The number of hydrogen-bond donors (Lipinski definition) is 2. The molecular weight excluding hydrogens is 298 g/mol. The molecule has 0 aliphatic carbocycles. The van der Waals surface area contributed by atoms with Crippen LogP contribution in [0.25, 0.3) is 5.57 Å². The minimum Gasteiger partial charge on any atom is -0.491 e. The van der Waals surface area contributed by atoms with Gasteiger partial charge in [0.1, 0.15) is 10.4 Å². The predicted octanol–water partition coefficient (Wildman–Crippen LogP) is 1.26. The molecule has 1 aromatic rings. The van der Waals surface area contributed by atoms with Gasteiger partial charge in [0.05, 0.1) is 17.9 Å². The van der Waals surface area contributed by atoms with Gasteiger partial charge in [0.2, 0.25) is 0 Å². The molecule has 1 amide bonds. The van der Waals surface area contributed by atoms with E-state index >= 15 is 0 Å². The van der Waals surface area contributed by atoms with Gasteiger partial charge in [-0.2, -0.15) is 0 Å². The van der Waals surface area contributed by atoms with Crippen LogP contribution in [0.4, 0.5) is 0 Å². The van der Waals surface area contributed by atoms with Crippen LogP contribution in [0.1, 0.15) is 23.7 Å². The number of halogens is 1. The zero-order chi connectivity index (χ0) is 13.4. The number of carbonyl (C=O) groups is 1. The van der Waals surface area contributed by atoms with Gasteiger partial charge in [0.15, 0.2) is 0 Å². The second-order valence-corrected chi connectivity index (χ2v) is 4.95. The molecule has 5 nitrogen and oxygen atoms in total. The molecule has 6 heteroatoms. The van der Waals surface area contributed by atoms with Crippen LogP contribution in [-0.4, -0.2) is 17.5 Å². The number of fused-ring (bicyclic) bond motifs is 1. The van der Waals surface area contributed by atoms with Crippen LogP contribution >= 0.6 is 15.9 Å². The highest BCUT2D eigenvalue weighted by atomic mass is 79.9. The molecule has 0 spiro atoms.